The van der Waals surface area contributed by atoms with Crippen molar-refractivity contribution in [3.8, 4) is 0 Å². The number of nitrogens with one attached hydrogen (secondary N) is 2. The Morgan fingerprint density at radius 1 is 1.39 bits per heavy atom. The summed E-state index contributed by atoms with van der Waals surface area (Å²) < 4.78 is 1.09. The Balaban J connectivity index is 1.70. The van der Waals surface area contributed by atoms with Gasteiger partial charge in [-0.1, -0.05) is 27.5 Å². The number of halogens is 2. The highest BCUT2D eigenvalue weighted by atomic mass is 79.9. The highest BCUT2D eigenvalue weighted by Gasteiger charge is 2.00. The summed E-state index contributed by atoms with van der Waals surface area (Å²) >= 11 is 9.48. The summed E-state index contributed by atoms with van der Waals surface area (Å²) in [6, 6.07) is 5.83. The van der Waals surface area contributed by atoms with Crippen molar-refractivity contribution in [2.75, 3.05) is 6.54 Å². The zero-order valence-electron chi connectivity index (χ0n) is 9.92. The Bertz CT molecular complexity index is 485. The van der Waals surface area contributed by atoms with E-state index in [1.54, 1.807) is 6.20 Å². The normalized spacial score (nSPS) is 10.8. The molecule has 0 fully saturated rings. The van der Waals surface area contributed by atoms with E-state index < -0.39 is 0 Å². The van der Waals surface area contributed by atoms with Crippen molar-refractivity contribution in [3.63, 3.8) is 0 Å². The van der Waals surface area contributed by atoms with E-state index in [4.69, 9.17) is 11.6 Å². The molecule has 1 heterocycles. The Hall–Kier alpha value is -0.840. The van der Waals surface area contributed by atoms with Crippen LogP contribution in [0.1, 0.15) is 17.8 Å². The first-order valence-corrected chi connectivity index (χ1v) is 7.05. The fourth-order valence-electron chi connectivity index (χ4n) is 1.72. The van der Waals surface area contributed by atoms with Gasteiger partial charge in [0.05, 0.1) is 0 Å². The topological polar surface area (TPSA) is 40.7 Å². The number of H-pyrrole nitrogens is 1. The molecule has 3 nitrogen and oxygen atoms in total. The van der Waals surface area contributed by atoms with Crippen molar-refractivity contribution in [1.29, 1.82) is 0 Å². The summed E-state index contributed by atoms with van der Waals surface area (Å²) in [4.78, 5) is 7.29. The van der Waals surface area contributed by atoms with Crippen molar-refractivity contribution in [2.24, 2.45) is 0 Å². The lowest BCUT2D eigenvalue weighted by atomic mass is 10.2. The van der Waals surface area contributed by atoms with Gasteiger partial charge in [0.1, 0.15) is 5.82 Å². The molecule has 0 aliphatic carbocycles. The van der Waals surface area contributed by atoms with Gasteiger partial charge in [0.15, 0.2) is 0 Å². The molecule has 0 aliphatic rings. The van der Waals surface area contributed by atoms with Crippen LogP contribution >= 0.6 is 27.5 Å². The molecule has 18 heavy (non-hydrogen) atoms. The van der Waals surface area contributed by atoms with E-state index in [0.717, 1.165) is 41.3 Å². The van der Waals surface area contributed by atoms with Gasteiger partial charge >= 0.3 is 0 Å². The zero-order valence-corrected chi connectivity index (χ0v) is 12.3. The van der Waals surface area contributed by atoms with Crippen LogP contribution in [0.4, 0.5) is 0 Å². The Morgan fingerprint density at radius 2 is 2.28 bits per heavy atom. The molecule has 0 spiro atoms. The van der Waals surface area contributed by atoms with E-state index in [0.29, 0.717) is 0 Å². The third-order valence-corrected chi connectivity index (χ3v) is 3.65. The van der Waals surface area contributed by atoms with Crippen LogP contribution in [0.25, 0.3) is 0 Å². The van der Waals surface area contributed by atoms with Crippen LogP contribution in [-0.4, -0.2) is 16.5 Å². The van der Waals surface area contributed by atoms with Crippen molar-refractivity contribution < 1.29 is 0 Å². The predicted octanol–water partition coefficient (Wildman–Crippen LogP) is 3.55. The maximum atomic E-state index is 5.96. The van der Waals surface area contributed by atoms with E-state index in [1.165, 1.54) is 5.56 Å². The van der Waals surface area contributed by atoms with Crippen molar-refractivity contribution in [1.82, 2.24) is 15.3 Å². The SMILES string of the molecule is Clc1ccc(Br)c(CNCCCc2ncc[nH]2)c1. The molecule has 0 amide bonds. The molecular weight excluding hydrogens is 314 g/mol. The zero-order chi connectivity index (χ0) is 12.8. The van der Waals surface area contributed by atoms with Gasteiger partial charge in [0, 0.05) is 34.9 Å². The average molecular weight is 329 g/mol. The molecule has 1 aromatic heterocycles. The van der Waals surface area contributed by atoms with E-state index in [9.17, 15) is 0 Å². The van der Waals surface area contributed by atoms with Gasteiger partial charge in [-0.25, -0.2) is 4.98 Å². The molecule has 0 aliphatic heterocycles. The monoisotopic (exact) mass is 327 g/mol. The lowest BCUT2D eigenvalue weighted by Gasteiger charge is -2.07. The third kappa shape index (κ3) is 4.12. The minimum Gasteiger partial charge on any atom is -0.349 e. The van der Waals surface area contributed by atoms with Crippen LogP contribution in [0, 0.1) is 0 Å². The highest BCUT2D eigenvalue weighted by Crippen LogP contribution is 2.20. The Kier molecular flexibility index (Phi) is 5.23. The van der Waals surface area contributed by atoms with Gasteiger partial charge in [-0.05, 0) is 36.7 Å². The van der Waals surface area contributed by atoms with Gasteiger partial charge in [0.2, 0.25) is 0 Å². The minimum atomic E-state index is 0.769. The number of hydrogen-bond acceptors (Lipinski definition) is 2. The van der Waals surface area contributed by atoms with E-state index >= 15 is 0 Å². The second-order valence-electron chi connectivity index (χ2n) is 4.05. The number of imidazole rings is 1. The van der Waals surface area contributed by atoms with E-state index in [2.05, 4.69) is 31.2 Å². The van der Waals surface area contributed by atoms with Crippen molar-refractivity contribution in [2.45, 2.75) is 19.4 Å². The van der Waals surface area contributed by atoms with Crippen LogP contribution in [0.15, 0.2) is 35.1 Å². The lowest BCUT2D eigenvalue weighted by molar-refractivity contribution is 0.640. The largest absolute Gasteiger partial charge is 0.349 e. The lowest BCUT2D eigenvalue weighted by Crippen LogP contribution is -2.15. The molecule has 2 N–H and O–H groups in total. The number of aryl methyl sites for hydroxylation is 1. The fraction of sp³-hybridized carbons (Fsp3) is 0.308. The third-order valence-electron chi connectivity index (χ3n) is 2.65. The van der Waals surface area contributed by atoms with Gasteiger partial charge in [-0.3, -0.25) is 0 Å². The predicted molar refractivity (Wildman–Crippen MR) is 77.8 cm³/mol. The first-order chi connectivity index (χ1) is 8.75. The molecule has 5 heteroatoms. The fourth-order valence-corrected chi connectivity index (χ4v) is 2.30. The quantitative estimate of drug-likeness (QED) is 0.796. The van der Waals surface area contributed by atoms with E-state index in [1.807, 2.05) is 24.4 Å². The number of hydrogen-bond donors (Lipinski definition) is 2. The highest BCUT2D eigenvalue weighted by molar-refractivity contribution is 9.10. The van der Waals surface area contributed by atoms with Crippen LogP contribution in [0.2, 0.25) is 5.02 Å². The van der Waals surface area contributed by atoms with Crippen LogP contribution in [-0.2, 0) is 13.0 Å². The number of nitrogens with zero attached hydrogens (tertiary/aromatic N) is 1. The van der Waals surface area contributed by atoms with Gasteiger partial charge in [-0.2, -0.15) is 0 Å². The summed E-state index contributed by atoms with van der Waals surface area (Å²) in [6.07, 6.45) is 5.67. The van der Waals surface area contributed by atoms with Gasteiger partial charge in [0.25, 0.3) is 0 Å². The second-order valence-corrected chi connectivity index (χ2v) is 5.34. The first kappa shape index (κ1) is 13.6. The second kappa shape index (κ2) is 6.92. The smallest absolute Gasteiger partial charge is 0.106 e. The molecule has 0 saturated heterocycles. The van der Waals surface area contributed by atoms with Crippen molar-refractivity contribution in [3.05, 3.63) is 51.5 Å². The molecule has 0 bridgehead atoms. The number of aromatic nitrogens is 2. The molecule has 2 aromatic rings. The molecule has 1 aromatic carbocycles. The molecule has 0 radical (unpaired) electrons. The van der Waals surface area contributed by atoms with Gasteiger partial charge in [-0.15, -0.1) is 0 Å². The molecule has 96 valence electrons. The van der Waals surface area contributed by atoms with Crippen molar-refractivity contribution >= 4 is 27.5 Å². The van der Waals surface area contributed by atoms with Crippen LogP contribution in [0.5, 0.6) is 0 Å². The average Bonchev–Trinajstić information content (AvgIpc) is 2.86. The standard InChI is InChI=1S/C13H15BrClN3/c14-12-4-3-11(15)8-10(12)9-16-5-1-2-13-17-6-7-18-13/h3-4,6-8,16H,1-2,5,9H2,(H,17,18). The number of aromatic amines is 1. The minimum absolute atomic E-state index is 0.769. The molecule has 0 unspecified atom stereocenters. The van der Waals surface area contributed by atoms with Gasteiger partial charge < -0.3 is 10.3 Å². The molecule has 0 saturated carbocycles. The summed E-state index contributed by atoms with van der Waals surface area (Å²) in [7, 11) is 0. The summed E-state index contributed by atoms with van der Waals surface area (Å²) in [5.41, 5.74) is 1.18. The molecule has 0 atom stereocenters. The molecule has 2 rings (SSSR count). The number of benzene rings is 1. The molecular formula is C13H15BrClN3. The van der Waals surface area contributed by atoms with Crippen LogP contribution < -0.4 is 5.32 Å². The maximum Gasteiger partial charge on any atom is 0.106 e. The number of rotatable bonds is 6. The Morgan fingerprint density at radius 3 is 3.06 bits per heavy atom. The van der Waals surface area contributed by atoms with E-state index in [-0.39, 0.29) is 0 Å². The summed E-state index contributed by atoms with van der Waals surface area (Å²) in [5.74, 6) is 1.04. The Labute approximate surface area is 120 Å². The maximum absolute atomic E-state index is 5.96. The van der Waals surface area contributed by atoms with Crippen LogP contribution in [0.3, 0.4) is 0 Å². The summed E-state index contributed by atoms with van der Waals surface area (Å²) in [6.45, 7) is 1.78. The first-order valence-electron chi connectivity index (χ1n) is 5.88. The summed E-state index contributed by atoms with van der Waals surface area (Å²) in [5, 5.41) is 4.17.